The van der Waals surface area contributed by atoms with E-state index in [2.05, 4.69) is 13.8 Å². The van der Waals surface area contributed by atoms with Crippen molar-refractivity contribution in [3.63, 3.8) is 0 Å². The summed E-state index contributed by atoms with van der Waals surface area (Å²) in [5.41, 5.74) is 1.14. The zero-order chi connectivity index (χ0) is 35.2. The molecule has 272 valence electrons. The van der Waals surface area contributed by atoms with Crippen molar-refractivity contribution in [2.45, 2.75) is 181 Å². The number of aromatic carboxylic acids is 2. The van der Waals surface area contributed by atoms with Crippen molar-refractivity contribution in [1.29, 1.82) is 0 Å². The van der Waals surface area contributed by atoms with E-state index in [1.807, 2.05) is 6.07 Å². The molecule has 0 unspecified atom stereocenters. The number of unbranched alkanes of at least 4 members (excludes halogenated alkanes) is 22. The van der Waals surface area contributed by atoms with Crippen molar-refractivity contribution in [2.24, 2.45) is 0 Å². The van der Waals surface area contributed by atoms with E-state index >= 15 is 0 Å². The number of phenols is 1. The van der Waals surface area contributed by atoms with Gasteiger partial charge in [-0.2, -0.15) is 0 Å². The Hall–Kier alpha value is -1.76. The number of para-hydroxylation sites is 2. The molecule has 0 fully saturated rings. The van der Waals surface area contributed by atoms with E-state index in [0.29, 0.717) is 12.0 Å². The maximum absolute atomic E-state index is 11.9. The molecule has 49 heavy (non-hydrogen) atoms. The summed E-state index contributed by atoms with van der Waals surface area (Å²) in [7, 11) is 0. The van der Waals surface area contributed by atoms with Gasteiger partial charge in [0.15, 0.2) is 0 Å². The molecule has 0 aromatic heterocycles. The van der Waals surface area contributed by atoms with Crippen molar-refractivity contribution in [3.05, 3.63) is 58.7 Å². The molecule has 0 heterocycles. The first-order chi connectivity index (χ1) is 23.3. The van der Waals surface area contributed by atoms with Crippen LogP contribution in [-0.2, 0) is 12.8 Å². The first-order valence-electron chi connectivity index (χ1n) is 19.4. The molecular weight excluding hydrogens is 641 g/mol. The molecule has 0 aliphatic rings. The predicted molar refractivity (Wildman–Crippen MR) is 201 cm³/mol. The van der Waals surface area contributed by atoms with Crippen molar-refractivity contribution >= 4 is 49.7 Å². The maximum Gasteiger partial charge on any atom is 2.00 e. The third kappa shape index (κ3) is 23.4. The van der Waals surface area contributed by atoms with Crippen molar-refractivity contribution in [1.82, 2.24) is 0 Å². The standard InChI is InChI=1S/2C21H34O3.Ca/c2*1-2-3-4-5-6-7-8-9-10-11-12-13-15-18-16-14-17-19(20(18)22)21(23)24;/h2*14,16-17,22H,2-13,15H2,1H3,(H,23,24);/q;;+2/p-2. The van der Waals surface area contributed by atoms with Gasteiger partial charge in [0.2, 0.25) is 0 Å². The maximum atomic E-state index is 11.9. The van der Waals surface area contributed by atoms with Gasteiger partial charge in [-0.05, 0) is 42.9 Å². The topological polar surface area (TPSA) is 121 Å². The van der Waals surface area contributed by atoms with Crippen LogP contribution in [0.15, 0.2) is 36.4 Å². The quantitative estimate of drug-likeness (QED) is 0.0671. The van der Waals surface area contributed by atoms with Crippen molar-refractivity contribution < 1.29 is 30.0 Å². The molecule has 0 atom stereocenters. The summed E-state index contributed by atoms with van der Waals surface area (Å²) in [6.07, 6.45) is 32.4. The van der Waals surface area contributed by atoms with E-state index in [0.717, 1.165) is 37.7 Å². The molecule has 2 aromatic rings. The normalized spacial score (nSPS) is 10.7. The first-order valence-corrected chi connectivity index (χ1v) is 19.4. The van der Waals surface area contributed by atoms with Gasteiger partial charge in [-0.1, -0.05) is 197 Å². The van der Waals surface area contributed by atoms with Crippen LogP contribution in [-0.4, -0.2) is 59.9 Å². The molecule has 0 bridgehead atoms. The Kier molecular flexibility index (Phi) is 31.0. The Bertz CT molecular complexity index is 1030. The summed E-state index contributed by atoms with van der Waals surface area (Å²) < 4.78 is 0. The molecule has 0 saturated carbocycles. The third-order valence-corrected chi connectivity index (χ3v) is 9.27. The number of carboxylic acids is 2. The fraction of sp³-hybridized carbons (Fsp3) is 0.667. The van der Waals surface area contributed by atoms with E-state index < -0.39 is 11.9 Å². The Morgan fingerprint density at radius 3 is 1.22 bits per heavy atom. The minimum Gasteiger partial charge on any atom is -0.872 e. The number of benzene rings is 2. The van der Waals surface area contributed by atoms with Gasteiger partial charge in [-0.3, -0.25) is 0 Å². The third-order valence-electron chi connectivity index (χ3n) is 9.27. The molecule has 0 radical (unpaired) electrons. The van der Waals surface area contributed by atoms with Crippen LogP contribution in [0.25, 0.3) is 0 Å². The second-order valence-corrected chi connectivity index (χ2v) is 13.5. The molecule has 2 aromatic carbocycles. The molecule has 0 spiro atoms. The van der Waals surface area contributed by atoms with E-state index in [1.54, 1.807) is 18.2 Å². The van der Waals surface area contributed by atoms with Crippen LogP contribution in [0.5, 0.6) is 11.5 Å². The number of hydrogen-bond acceptors (Lipinski definition) is 5. The fourth-order valence-corrected chi connectivity index (χ4v) is 6.22. The summed E-state index contributed by atoms with van der Waals surface area (Å²) >= 11 is 0. The smallest absolute Gasteiger partial charge is 0.872 e. The van der Waals surface area contributed by atoms with Gasteiger partial charge in [0.1, 0.15) is 11.3 Å². The molecule has 2 rings (SSSR count). The summed E-state index contributed by atoms with van der Waals surface area (Å²) in [6.45, 7) is 4.50. The fourth-order valence-electron chi connectivity index (χ4n) is 6.22. The zero-order valence-corrected chi connectivity index (χ0v) is 33.3. The average Bonchev–Trinajstić information content (AvgIpc) is 3.07. The van der Waals surface area contributed by atoms with E-state index in [4.69, 9.17) is 5.11 Å². The molecule has 2 N–H and O–H groups in total. The molecule has 0 aliphatic carbocycles. The number of rotatable bonds is 28. The SMILES string of the molecule is CCCCCCCCCCCCCCc1cccc(C(=O)O)c1O.CCCCCCCCCCCCCCc1cccc(C(=O)[O-])c1[O-].[Ca+2]. The van der Waals surface area contributed by atoms with Gasteiger partial charge in [-0.25, -0.2) is 4.79 Å². The second kappa shape index (κ2) is 32.2. The summed E-state index contributed by atoms with van der Waals surface area (Å²) in [5.74, 6) is -2.88. The summed E-state index contributed by atoms with van der Waals surface area (Å²) in [4.78, 5) is 21.8. The van der Waals surface area contributed by atoms with Crippen molar-refractivity contribution in [3.8, 4) is 11.5 Å². The van der Waals surface area contributed by atoms with Crippen LogP contribution in [0, 0.1) is 0 Å². The minimum absolute atomic E-state index is 0. The Balaban J connectivity index is 0.000000922. The number of carboxylic acid groups (broad SMARTS) is 2. The van der Waals surface area contributed by atoms with Crippen LogP contribution in [0.3, 0.4) is 0 Å². The van der Waals surface area contributed by atoms with Gasteiger partial charge in [0.25, 0.3) is 0 Å². The molecule has 6 nitrogen and oxygen atoms in total. The zero-order valence-electron chi connectivity index (χ0n) is 31.1. The second-order valence-electron chi connectivity index (χ2n) is 13.5. The number of aryl methyl sites for hydroxylation is 2. The van der Waals surface area contributed by atoms with E-state index in [1.165, 1.54) is 141 Å². The average molecular weight is 707 g/mol. The summed E-state index contributed by atoms with van der Waals surface area (Å²) in [6, 6.07) is 9.65. The van der Waals surface area contributed by atoms with Crippen LogP contribution in [0.2, 0.25) is 0 Å². The molecular formula is C42H66CaO6. The number of aromatic hydroxyl groups is 1. The molecule has 0 amide bonds. The summed E-state index contributed by atoms with van der Waals surface area (Å²) in [5, 5.41) is 41.7. The van der Waals surface area contributed by atoms with Crippen LogP contribution < -0.4 is 10.2 Å². The Morgan fingerprint density at radius 1 is 0.531 bits per heavy atom. The van der Waals surface area contributed by atoms with Gasteiger partial charge in [-0.15, -0.1) is 0 Å². The number of hydrogen-bond donors (Lipinski definition) is 2. The van der Waals surface area contributed by atoms with Gasteiger partial charge in [0.05, 0.1) is 5.97 Å². The number of carbonyl (C=O) groups is 2. The van der Waals surface area contributed by atoms with Crippen LogP contribution in [0.1, 0.15) is 200 Å². The first kappa shape index (κ1) is 47.2. The monoisotopic (exact) mass is 706 g/mol. The van der Waals surface area contributed by atoms with Crippen LogP contribution in [0.4, 0.5) is 0 Å². The van der Waals surface area contributed by atoms with E-state index in [-0.39, 0.29) is 60.4 Å². The Morgan fingerprint density at radius 2 is 0.857 bits per heavy atom. The number of carbonyl (C=O) groups excluding carboxylic acids is 1. The van der Waals surface area contributed by atoms with Crippen LogP contribution >= 0.6 is 0 Å². The Labute approximate surface area is 328 Å². The molecule has 7 heteroatoms. The molecule has 0 saturated heterocycles. The molecule has 0 aliphatic heterocycles. The van der Waals surface area contributed by atoms with Gasteiger partial charge >= 0.3 is 43.7 Å². The predicted octanol–water partition coefficient (Wildman–Crippen LogP) is 10.3. The largest absolute Gasteiger partial charge is 2.00 e. The minimum atomic E-state index is -1.38. The van der Waals surface area contributed by atoms with Gasteiger partial charge in [0, 0.05) is 0 Å². The van der Waals surface area contributed by atoms with E-state index in [9.17, 15) is 24.9 Å². The van der Waals surface area contributed by atoms with Gasteiger partial charge < -0.3 is 25.2 Å². The van der Waals surface area contributed by atoms with Crippen molar-refractivity contribution in [2.75, 3.05) is 0 Å².